The van der Waals surface area contributed by atoms with Crippen molar-refractivity contribution in [3.63, 3.8) is 0 Å². The molecule has 31 heavy (non-hydrogen) atoms. The van der Waals surface area contributed by atoms with E-state index >= 15 is 0 Å². The molecule has 0 saturated heterocycles. The first kappa shape index (κ1) is 18.1. The van der Waals surface area contributed by atoms with Gasteiger partial charge in [-0.3, -0.25) is 14.5 Å². The van der Waals surface area contributed by atoms with Gasteiger partial charge in [-0.1, -0.05) is 18.2 Å². The van der Waals surface area contributed by atoms with Crippen LogP contribution in [0.1, 0.15) is 18.9 Å². The molecule has 4 aromatic heterocycles. The van der Waals surface area contributed by atoms with Crippen LogP contribution in [0.15, 0.2) is 83.5 Å². The van der Waals surface area contributed by atoms with E-state index in [1.54, 1.807) is 18.6 Å². The van der Waals surface area contributed by atoms with Crippen molar-refractivity contribution in [1.29, 1.82) is 0 Å². The lowest BCUT2D eigenvalue weighted by atomic mass is 10.2. The Morgan fingerprint density at radius 2 is 1.58 bits per heavy atom. The Bertz CT molecular complexity index is 1370. The lowest BCUT2D eigenvalue weighted by Crippen LogP contribution is -2.01. The number of rotatable bonds is 5. The van der Waals surface area contributed by atoms with E-state index in [4.69, 9.17) is 9.97 Å². The van der Waals surface area contributed by atoms with Gasteiger partial charge in [0.25, 0.3) is 0 Å². The predicted octanol–water partition coefficient (Wildman–Crippen LogP) is 4.83. The molecule has 1 aliphatic rings. The van der Waals surface area contributed by atoms with E-state index in [0.717, 1.165) is 50.9 Å². The van der Waals surface area contributed by atoms with Crippen LogP contribution >= 0.6 is 11.8 Å². The summed E-state index contributed by atoms with van der Waals surface area (Å²) in [7, 11) is 0. The quantitative estimate of drug-likeness (QED) is 0.374. The van der Waals surface area contributed by atoms with Crippen molar-refractivity contribution < 1.29 is 0 Å². The highest BCUT2D eigenvalue weighted by Crippen LogP contribution is 2.43. The van der Waals surface area contributed by atoms with Gasteiger partial charge in [-0.2, -0.15) is 0 Å². The molecule has 0 bridgehead atoms. The Morgan fingerprint density at radius 1 is 0.806 bits per heavy atom. The van der Waals surface area contributed by atoms with Crippen LogP contribution in [0, 0.1) is 0 Å². The smallest absolute Gasteiger partial charge is 0.198 e. The molecule has 5 aromatic rings. The molecule has 1 aliphatic carbocycles. The number of pyridine rings is 2. The Hall–Kier alpha value is -3.65. The van der Waals surface area contributed by atoms with E-state index in [1.807, 2.05) is 54.7 Å². The first-order valence-electron chi connectivity index (χ1n) is 10.1. The zero-order chi connectivity index (χ0) is 20.6. The zero-order valence-electron chi connectivity index (χ0n) is 16.5. The minimum atomic E-state index is 0.415. The van der Waals surface area contributed by atoms with Gasteiger partial charge >= 0.3 is 0 Å². The van der Waals surface area contributed by atoms with Crippen LogP contribution in [0.3, 0.4) is 0 Å². The summed E-state index contributed by atoms with van der Waals surface area (Å²) in [5.74, 6) is 1.50. The maximum absolute atomic E-state index is 4.89. The Balaban J connectivity index is 1.48. The third-order valence-corrected chi connectivity index (χ3v) is 6.14. The van der Waals surface area contributed by atoms with Crippen molar-refractivity contribution in [3.8, 4) is 22.8 Å². The molecule has 8 heteroatoms. The highest BCUT2D eigenvalue weighted by atomic mass is 32.2. The highest BCUT2D eigenvalue weighted by molar-refractivity contribution is 7.99. The van der Waals surface area contributed by atoms with E-state index in [1.165, 1.54) is 11.8 Å². The molecule has 6 rings (SSSR count). The Kier molecular flexibility index (Phi) is 4.42. The third kappa shape index (κ3) is 3.44. The number of aromatic nitrogens is 7. The average Bonchev–Trinajstić information content (AvgIpc) is 3.59. The molecular weight excluding hydrogens is 406 g/mol. The summed E-state index contributed by atoms with van der Waals surface area (Å²) >= 11 is 1.53. The number of para-hydroxylation sites is 1. The first-order chi connectivity index (χ1) is 15.4. The standard InChI is InChI=1S/C23H17N7S/c1-2-8-19-18(7-1)22(27-20(26-19)15-5-3-11-24-13-15)31-23-29-28-21(30(23)17-9-10-17)16-6-4-12-25-14-16/h1-8,11-14,17H,9-10H2. The van der Waals surface area contributed by atoms with Crippen LogP contribution in [-0.4, -0.2) is 34.7 Å². The van der Waals surface area contributed by atoms with Crippen LogP contribution in [0.2, 0.25) is 0 Å². The fourth-order valence-electron chi connectivity index (χ4n) is 3.54. The monoisotopic (exact) mass is 423 g/mol. The van der Waals surface area contributed by atoms with Gasteiger partial charge < -0.3 is 0 Å². The van der Waals surface area contributed by atoms with Gasteiger partial charge in [0, 0.05) is 47.3 Å². The normalized spacial score (nSPS) is 13.5. The summed E-state index contributed by atoms with van der Waals surface area (Å²) in [5, 5.41) is 11.7. The number of benzene rings is 1. The van der Waals surface area contributed by atoms with Crippen LogP contribution in [-0.2, 0) is 0 Å². The summed E-state index contributed by atoms with van der Waals surface area (Å²) < 4.78 is 2.22. The first-order valence-corrected chi connectivity index (χ1v) is 10.9. The van der Waals surface area contributed by atoms with E-state index in [2.05, 4.69) is 24.7 Å². The SMILES string of the molecule is c1cncc(-c2nc(Sc3nnc(-c4cccnc4)n3C3CC3)c3ccccc3n2)c1. The fraction of sp³-hybridized carbons (Fsp3) is 0.130. The van der Waals surface area contributed by atoms with Gasteiger partial charge in [0.15, 0.2) is 16.8 Å². The van der Waals surface area contributed by atoms with Gasteiger partial charge in [-0.25, -0.2) is 9.97 Å². The number of hydrogen-bond donors (Lipinski definition) is 0. The molecule has 0 unspecified atom stereocenters. The van der Waals surface area contributed by atoms with Gasteiger partial charge in [-0.05, 0) is 54.9 Å². The number of fused-ring (bicyclic) bond motifs is 1. The molecule has 0 amide bonds. The summed E-state index contributed by atoms with van der Waals surface area (Å²) in [5.41, 5.74) is 2.75. The molecule has 4 heterocycles. The van der Waals surface area contributed by atoms with Gasteiger partial charge in [0.2, 0.25) is 0 Å². The number of hydrogen-bond acceptors (Lipinski definition) is 7. The molecule has 1 aromatic carbocycles. The highest BCUT2D eigenvalue weighted by Gasteiger charge is 2.31. The second-order valence-electron chi connectivity index (χ2n) is 7.36. The average molecular weight is 424 g/mol. The lowest BCUT2D eigenvalue weighted by molar-refractivity contribution is 0.669. The second kappa shape index (κ2) is 7.55. The minimum absolute atomic E-state index is 0.415. The molecule has 0 N–H and O–H groups in total. The van der Waals surface area contributed by atoms with Crippen molar-refractivity contribution in [3.05, 3.63) is 73.3 Å². The Labute approximate surface area is 182 Å². The summed E-state index contributed by atoms with van der Waals surface area (Å²) in [4.78, 5) is 18.1. The van der Waals surface area contributed by atoms with Crippen LogP contribution in [0.5, 0.6) is 0 Å². The largest absolute Gasteiger partial charge is 0.299 e. The topological polar surface area (TPSA) is 82.3 Å². The molecule has 1 fully saturated rings. The van der Waals surface area contributed by atoms with E-state index in [9.17, 15) is 0 Å². The molecule has 0 atom stereocenters. The summed E-state index contributed by atoms with van der Waals surface area (Å²) in [6, 6.07) is 16.3. The van der Waals surface area contributed by atoms with Gasteiger partial charge in [-0.15, -0.1) is 10.2 Å². The van der Waals surface area contributed by atoms with Gasteiger partial charge in [0.1, 0.15) is 5.03 Å². The molecule has 7 nitrogen and oxygen atoms in total. The molecule has 0 spiro atoms. The van der Waals surface area contributed by atoms with Crippen molar-refractivity contribution >= 4 is 22.7 Å². The maximum Gasteiger partial charge on any atom is 0.198 e. The van der Waals surface area contributed by atoms with Crippen molar-refractivity contribution in [2.45, 2.75) is 29.1 Å². The molecule has 150 valence electrons. The summed E-state index contributed by atoms with van der Waals surface area (Å²) in [6.45, 7) is 0. The van der Waals surface area contributed by atoms with E-state index < -0.39 is 0 Å². The molecule has 0 aliphatic heterocycles. The minimum Gasteiger partial charge on any atom is -0.299 e. The maximum atomic E-state index is 4.89. The molecule has 1 saturated carbocycles. The van der Waals surface area contributed by atoms with E-state index in [0.29, 0.717) is 11.9 Å². The van der Waals surface area contributed by atoms with Crippen LogP contribution in [0.4, 0.5) is 0 Å². The van der Waals surface area contributed by atoms with Crippen molar-refractivity contribution in [1.82, 2.24) is 34.7 Å². The number of nitrogens with zero attached hydrogens (tertiary/aromatic N) is 7. The Morgan fingerprint density at radius 3 is 2.32 bits per heavy atom. The second-order valence-corrected chi connectivity index (χ2v) is 8.32. The van der Waals surface area contributed by atoms with E-state index in [-0.39, 0.29) is 0 Å². The molecule has 0 radical (unpaired) electrons. The third-order valence-electron chi connectivity index (χ3n) is 5.17. The predicted molar refractivity (Wildman–Crippen MR) is 118 cm³/mol. The summed E-state index contributed by atoms with van der Waals surface area (Å²) in [6.07, 6.45) is 9.39. The fourth-order valence-corrected chi connectivity index (χ4v) is 4.54. The van der Waals surface area contributed by atoms with Crippen LogP contribution < -0.4 is 0 Å². The molecular formula is C23H17N7S. The van der Waals surface area contributed by atoms with Crippen LogP contribution in [0.25, 0.3) is 33.7 Å². The zero-order valence-corrected chi connectivity index (χ0v) is 17.3. The lowest BCUT2D eigenvalue weighted by Gasteiger charge is -2.10. The van der Waals surface area contributed by atoms with Crippen molar-refractivity contribution in [2.75, 3.05) is 0 Å². The van der Waals surface area contributed by atoms with Crippen molar-refractivity contribution in [2.24, 2.45) is 0 Å². The van der Waals surface area contributed by atoms with Gasteiger partial charge in [0.05, 0.1) is 5.52 Å².